The molecule has 1 saturated heterocycles. The summed E-state index contributed by atoms with van der Waals surface area (Å²) in [5, 5.41) is 4.72. The average molecular weight is 304 g/mol. The van der Waals surface area contributed by atoms with Crippen LogP contribution in [0.1, 0.15) is 24.3 Å². The third-order valence-corrected chi connectivity index (χ3v) is 5.50. The molecule has 1 aliphatic rings. The SMILES string of the molecule is CNCc1sc2ccccc2c1CN1CCOCC1(C)C. The van der Waals surface area contributed by atoms with Gasteiger partial charge in [0, 0.05) is 34.8 Å². The Morgan fingerprint density at radius 3 is 2.90 bits per heavy atom. The Bertz CT molecular complexity index is 620. The quantitative estimate of drug-likeness (QED) is 0.938. The van der Waals surface area contributed by atoms with E-state index >= 15 is 0 Å². The van der Waals surface area contributed by atoms with Gasteiger partial charge in [-0.25, -0.2) is 0 Å². The fourth-order valence-corrected chi connectivity index (χ4v) is 4.23. The normalized spacial score (nSPS) is 19.2. The van der Waals surface area contributed by atoms with Crippen molar-refractivity contribution in [1.82, 2.24) is 10.2 Å². The molecule has 0 aliphatic carbocycles. The van der Waals surface area contributed by atoms with Gasteiger partial charge in [0.1, 0.15) is 0 Å². The molecule has 2 heterocycles. The van der Waals surface area contributed by atoms with E-state index in [0.717, 1.165) is 32.8 Å². The molecule has 1 aromatic carbocycles. The molecule has 2 aromatic rings. The summed E-state index contributed by atoms with van der Waals surface area (Å²) in [4.78, 5) is 4.02. The Labute approximate surface area is 130 Å². The van der Waals surface area contributed by atoms with E-state index in [-0.39, 0.29) is 5.54 Å². The van der Waals surface area contributed by atoms with E-state index in [2.05, 4.69) is 48.3 Å². The van der Waals surface area contributed by atoms with Gasteiger partial charge in [0.25, 0.3) is 0 Å². The second-order valence-electron chi connectivity index (χ2n) is 6.32. The van der Waals surface area contributed by atoms with Gasteiger partial charge in [-0.05, 0) is 37.9 Å². The highest BCUT2D eigenvalue weighted by molar-refractivity contribution is 7.19. The van der Waals surface area contributed by atoms with Crippen LogP contribution in [0.4, 0.5) is 0 Å². The van der Waals surface area contributed by atoms with Crippen LogP contribution >= 0.6 is 11.3 Å². The van der Waals surface area contributed by atoms with Crippen molar-refractivity contribution in [3.63, 3.8) is 0 Å². The highest BCUT2D eigenvalue weighted by atomic mass is 32.1. The number of rotatable bonds is 4. The van der Waals surface area contributed by atoms with Crippen molar-refractivity contribution in [2.24, 2.45) is 0 Å². The molecule has 114 valence electrons. The first kappa shape index (κ1) is 15.0. The first-order chi connectivity index (χ1) is 10.1. The molecule has 1 N–H and O–H groups in total. The zero-order valence-electron chi connectivity index (χ0n) is 13.1. The number of hydrogen-bond acceptors (Lipinski definition) is 4. The summed E-state index contributed by atoms with van der Waals surface area (Å²) in [6.07, 6.45) is 0. The maximum absolute atomic E-state index is 5.65. The molecule has 21 heavy (non-hydrogen) atoms. The van der Waals surface area contributed by atoms with Crippen LogP contribution in [0.25, 0.3) is 10.1 Å². The fraction of sp³-hybridized carbons (Fsp3) is 0.529. The number of hydrogen-bond donors (Lipinski definition) is 1. The standard InChI is InChI=1S/C17H24N2OS/c1-17(2)12-20-9-8-19(17)11-14-13-6-4-5-7-15(13)21-16(14)10-18-3/h4-7,18H,8-12H2,1-3H3. The van der Waals surface area contributed by atoms with Gasteiger partial charge in [0.2, 0.25) is 0 Å². The Morgan fingerprint density at radius 1 is 1.33 bits per heavy atom. The van der Waals surface area contributed by atoms with Gasteiger partial charge in [-0.3, -0.25) is 4.90 Å². The Kier molecular flexibility index (Phi) is 4.31. The molecule has 0 spiro atoms. The van der Waals surface area contributed by atoms with Crippen LogP contribution in [0.2, 0.25) is 0 Å². The summed E-state index contributed by atoms with van der Waals surface area (Å²) in [7, 11) is 2.02. The molecule has 1 aliphatic heterocycles. The summed E-state index contributed by atoms with van der Waals surface area (Å²) in [6, 6.07) is 8.76. The average Bonchev–Trinajstić information content (AvgIpc) is 2.79. The van der Waals surface area contributed by atoms with Gasteiger partial charge in [0.05, 0.1) is 13.2 Å². The third-order valence-electron chi connectivity index (χ3n) is 4.29. The summed E-state index contributed by atoms with van der Waals surface area (Å²) in [5.41, 5.74) is 1.60. The number of nitrogens with one attached hydrogen (secondary N) is 1. The fourth-order valence-electron chi connectivity index (χ4n) is 3.00. The molecule has 1 fully saturated rings. The first-order valence-corrected chi connectivity index (χ1v) is 8.40. The maximum Gasteiger partial charge on any atom is 0.0645 e. The molecule has 0 radical (unpaired) electrons. The lowest BCUT2D eigenvalue weighted by atomic mass is 10.0. The minimum absolute atomic E-state index is 0.109. The number of ether oxygens (including phenoxy) is 1. The van der Waals surface area contributed by atoms with E-state index in [4.69, 9.17) is 4.74 Å². The highest BCUT2D eigenvalue weighted by Crippen LogP contribution is 2.34. The van der Waals surface area contributed by atoms with Crippen LogP contribution in [0, 0.1) is 0 Å². The number of morpholine rings is 1. The molecule has 0 atom stereocenters. The van der Waals surface area contributed by atoms with Crippen LogP contribution in [0.3, 0.4) is 0 Å². The highest BCUT2D eigenvalue weighted by Gasteiger charge is 2.31. The van der Waals surface area contributed by atoms with Crippen LogP contribution < -0.4 is 5.32 Å². The van der Waals surface area contributed by atoms with Crippen LogP contribution in [0.5, 0.6) is 0 Å². The number of benzene rings is 1. The van der Waals surface area contributed by atoms with Gasteiger partial charge in [0.15, 0.2) is 0 Å². The van der Waals surface area contributed by atoms with Crippen molar-refractivity contribution in [2.45, 2.75) is 32.5 Å². The van der Waals surface area contributed by atoms with Crippen molar-refractivity contribution in [3.8, 4) is 0 Å². The van der Waals surface area contributed by atoms with E-state index in [1.54, 1.807) is 0 Å². The molecular formula is C17H24N2OS. The first-order valence-electron chi connectivity index (χ1n) is 7.58. The largest absolute Gasteiger partial charge is 0.378 e. The monoisotopic (exact) mass is 304 g/mol. The van der Waals surface area contributed by atoms with Gasteiger partial charge < -0.3 is 10.1 Å². The molecule has 0 amide bonds. The van der Waals surface area contributed by atoms with Crippen LogP contribution in [-0.4, -0.2) is 37.2 Å². The molecule has 1 aromatic heterocycles. The lowest BCUT2D eigenvalue weighted by Gasteiger charge is -2.42. The van der Waals surface area contributed by atoms with Crippen molar-refractivity contribution in [1.29, 1.82) is 0 Å². The van der Waals surface area contributed by atoms with Crippen LogP contribution in [-0.2, 0) is 17.8 Å². The van der Waals surface area contributed by atoms with Gasteiger partial charge >= 0.3 is 0 Å². The third kappa shape index (κ3) is 2.99. The topological polar surface area (TPSA) is 24.5 Å². The van der Waals surface area contributed by atoms with E-state index in [1.165, 1.54) is 20.5 Å². The van der Waals surface area contributed by atoms with Gasteiger partial charge in [-0.15, -0.1) is 11.3 Å². The lowest BCUT2D eigenvalue weighted by molar-refractivity contribution is -0.0551. The van der Waals surface area contributed by atoms with Crippen LogP contribution in [0.15, 0.2) is 24.3 Å². The molecule has 3 rings (SSSR count). The molecule has 0 bridgehead atoms. The number of thiophene rings is 1. The number of fused-ring (bicyclic) bond motifs is 1. The zero-order chi connectivity index (χ0) is 14.9. The predicted octanol–water partition coefficient (Wildman–Crippen LogP) is 3.23. The van der Waals surface area contributed by atoms with E-state index in [9.17, 15) is 0 Å². The van der Waals surface area contributed by atoms with Crippen molar-refractivity contribution in [2.75, 3.05) is 26.8 Å². The maximum atomic E-state index is 5.65. The smallest absolute Gasteiger partial charge is 0.0645 e. The van der Waals surface area contributed by atoms with Gasteiger partial charge in [-0.2, -0.15) is 0 Å². The second-order valence-corrected chi connectivity index (χ2v) is 7.45. The van der Waals surface area contributed by atoms with Crippen molar-refractivity contribution >= 4 is 21.4 Å². The van der Waals surface area contributed by atoms with E-state index in [1.807, 2.05) is 18.4 Å². The van der Waals surface area contributed by atoms with E-state index < -0.39 is 0 Å². The molecule has 3 nitrogen and oxygen atoms in total. The Hall–Kier alpha value is -0.940. The lowest BCUT2D eigenvalue weighted by Crippen LogP contribution is -2.52. The summed E-state index contributed by atoms with van der Waals surface area (Å²) in [5.74, 6) is 0. The van der Waals surface area contributed by atoms with Crippen molar-refractivity contribution in [3.05, 3.63) is 34.7 Å². The Morgan fingerprint density at radius 2 is 2.14 bits per heavy atom. The number of nitrogens with zero attached hydrogens (tertiary/aromatic N) is 1. The predicted molar refractivity (Wildman–Crippen MR) is 89.9 cm³/mol. The van der Waals surface area contributed by atoms with Crippen molar-refractivity contribution < 1.29 is 4.74 Å². The summed E-state index contributed by atoms with van der Waals surface area (Å²) < 4.78 is 7.04. The summed E-state index contributed by atoms with van der Waals surface area (Å²) >= 11 is 1.92. The summed E-state index contributed by atoms with van der Waals surface area (Å²) in [6.45, 7) is 9.17. The minimum Gasteiger partial charge on any atom is -0.378 e. The van der Waals surface area contributed by atoms with E-state index in [0.29, 0.717) is 0 Å². The zero-order valence-corrected chi connectivity index (χ0v) is 13.9. The molecule has 0 unspecified atom stereocenters. The molecule has 4 heteroatoms. The molecule has 0 saturated carbocycles. The Balaban J connectivity index is 1.96. The van der Waals surface area contributed by atoms with Gasteiger partial charge in [-0.1, -0.05) is 18.2 Å². The second kappa shape index (κ2) is 6.05. The molecular weight excluding hydrogens is 280 g/mol. The minimum atomic E-state index is 0.109.